The molecule has 2 amide bonds. The largest absolute Gasteiger partial charge is 0.484 e. The Balaban J connectivity index is 2.13. The molecule has 0 saturated carbocycles. The molecule has 0 aliphatic rings. The molecule has 5 N–H and O–H groups in total. The molecule has 7 heteroatoms. The number of nitrogen functional groups attached to an aromatic ring is 1. The third-order valence-electron chi connectivity index (χ3n) is 2.04. The van der Waals surface area contributed by atoms with Crippen LogP contribution in [0.5, 0.6) is 5.75 Å². The summed E-state index contributed by atoms with van der Waals surface area (Å²) in [6.07, 6.45) is 0. The number of carbonyl (C=O) groups excluding carboxylic acids is 2. The maximum atomic E-state index is 11.4. The van der Waals surface area contributed by atoms with Crippen LogP contribution in [-0.4, -0.2) is 38.2 Å². The van der Waals surface area contributed by atoms with Gasteiger partial charge in [0.15, 0.2) is 6.61 Å². The van der Waals surface area contributed by atoms with Crippen LogP contribution in [0.2, 0.25) is 0 Å². The summed E-state index contributed by atoms with van der Waals surface area (Å²) < 4.78 is 10.1. The smallest absolute Gasteiger partial charge is 0.258 e. The highest BCUT2D eigenvalue weighted by atomic mass is 16.5. The summed E-state index contributed by atoms with van der Waals surface area (Å²) in [6, 6.07) is 6.80. The van der Waals surface area contributed by atoms with Crippen LogP contribution in [-0.2, 0) is 14.3 Å². The molecule has 1 rings (SSSR count). The first-order valence-electron chi connectivity index (χ1n) is 5.69. The minimum absolute atomic E-state index is 0.112. The van der Waals surface area contributed by atoms with Gasteiger partial charge in [0.1, 0.15) is 12.4 Å². The van der Waals surface area contributed by atoms with Gasteiger partial charge in [0.05, 0.1) is 6.61 Å². The number of primary amides is 1. The highest BCUT2D eigenvalue weighted by Crippen LogP contribution is 2.13. The second-order valence-electron chi connectivity index (χ2n) is 3.73. The molecular weight excluding hydrogens is 250 g/mol. The van der Waals surface area contributed by atoms with Gasteiger partial charge in [0.2, 0.25) is 5.91 Å². The Morgan fingerprint density at radius 2 is 2.05 bits per heavy atom. The normalized spacial score (nSPS) is 9.89. The number of nitrogens with one attached hydrogen (secondary N) is 1. The van der Waals surface area contributed by atoms with Crippen LogP contribution < -0.4 is 21.5 Å². The number of benzene rings is 1. The molecule has 7 nitrogen and oxygen atoms in total. The van der Waals surface area contributed by atoms with E-state index in [0.717, 1.165) is 0 Å². The first-order chi connectivity index (χ1) is 9.08. The molecule has 0 spiro atoms. The lowest BCUT2D eigenvalue weighted by atomic mass is 10.3. The molecule has 0 aliphatic heterocycles. The standard InChI is InChI=1S/C12H17N3O4/c13-9-2-1-3-10(6-9)19-8-12(17)15-4-5-18-7-11(14)16/h1-3,6H,4-5,7-8,13H2,(H2,14,16)(H,15,17). The third-order valence-corrected chi connectivity index (χ3v) is 2.04. The zero-order valence-corrected chi connectivity index (χ0v) is 10.4. The maximum Gasteiger partial charge on any atom is 0.258 e. The molecular formula is C12H17N3O4. The Bertz CT molecular complexity index is 437. The van der Waals surface area contributed by atoms with Crippen molar-refractivity contribution in [2.75, 3.05) is 32.1 Å². The van der Waals surface area contributed by atoms with Gasteiger partial charge in [-0.2, -0.15) is 0 Å². The minimum Gasteiger partial charge on any atom is -0.484 e. The van der Waals surface area contributed by atoms with Gasteiger partial charge in [0, 0.05) is 18.3 Å². The number of amides is 2. The van der Waals surface area contributed by atoms with Crippen molar-refractivity contribution in [3.05, 3.63) is 24.3 Å². The van der Waals surface area contributed by atoms with E-state index in [4.69, 9.17) is 20.9 Å². The summed E-state index contributed by atoms with van der Waals surface area (Å²) in [5.41, 5.74) is 11.0. The Hall–Kier alpha value is -2.28. The molecule has 0 heterocycles. The van der Waals surface area contributed by atoms with E-state index in [2.05, 4.69) is 5.32 Å². The molecule has 0 atom stereocenters. The molecule has 1 aromatic rings. The van der Waals surface area contributed by atoms with Crippen molar-refractivity contribution in [3.63, 3.8) is 0 Å². The SMILES string of the molecule is NC(=O)COCCNC(=O)COc1cccc(N)c1. The zero-order chi connectivity index (χ0) is 14.1. The first kappa shape index (κ1) is 14.8. The maximum absolute atomic E-state index is 11.4. The number of ether oxygens (including phenoxy) is 2. The molecule has 0 saturated heterocycles. The van der Waals surface area contributed by atoms with E-state index in [9.17, 15) is 9.59 Å². The Kier molecular flexibility index (Phi) is 6.17. The van der Waals surface area contributed by atoms with Crippen LogP contribution in [0.3, 0.4) is 0 Å². The lowest BCUT2D eigenvalue weighted by Gasteiger charge is -2.08. The Morgan fingerprint density at radius 1 is 1.26 bits per heavy atom. The van der Waals surface area contributed by atoms with Crippen molar-refractivity contribution < 1.29 is 19.1 Å². The number of hydrogen-bond acceptors (Lipinski definition) is 5. The van der Waals surface area contributed by atoms with E-state index in [0.29, 0.717) is 11.4 Å². The Labute approximate surface area is 110 Å². The number of carbonyl (C=O) groups is 2. The zero-order valence-electron chi connectivity index (χ0n) is 10.4. The highest BCUT2D eigenvalue weighted by Gasteiger charge is 2.02. The molecule has 19 heavy (non-hydrogen) atoms. The Morgan fingerprint density at radius 3 is 2.74 bits per heavy atom. The van der Waals surface area contributed by atoms with Crippen LogP contribution in [0, 0.1) is 0 Å². The van der Waals surface area contributed by atoms with Crippen LogP contribution in [0.25, 0.3) is 0 Å². The fourth-order valence-corrected chi connectivity index (χ4v) is 1.24. The van der Waals surface area contributed by atoms with E-state index in [1.165, 1.54) is 0 Å². The van der Waals surface area contributed by atoms with Gasteiger partial charge < -0.3 is 26.3 Å². The van der Waals surface area contributed by atoms with Gasteiger partial charge in [-0.1, -0.05) is 6.07 Å². The number of hydrogen-bond donors (Lipinski definition) is 3. The molecule has 0 fully saturated rings. The molecule has 0 aromatic heterocycles. The topological polar surface area (TPSA) is 117 Å². The van der Waals surface area contributed by atoms with E-state index >= 15 is 0 Å². The lowest BCUT2D eigenvalue weighted by molar-refractivity contribution is -0.123. The van der Waals surface area contributed by atoms with Crippen LogP contribution in [0.4, 0.5) is 5.69 Å². The van der Waals surface area contributed by atoms with Crippen molar-refractivity contribution >= 4 is 17.5 Å². The van der Waals surface area contributed by atoms with Gasteiger partial charge in [-0.15, -0.1) is 0 Å². The summed E-state index contributed by atoms with van der Waals surface area (Å²) >= 11 is 0. The summed E-state index contributed by atoms with van der Waals surface area (Å²) in [4.78, 5) is 21.7. The predicted molar refractivity (Wildman–Crippen MR) is 69.4 cm³/mol. The summed E-state index contributed by atoms with van der Waals surface area (Å²) in [6.45, 7) is 0.230. The van der Waals surface area contributed by atoms with Crippen LogP contribution in [0.1, 0.15) is 0 Å². The van der Waals surface area contributed by atoms with Crippen molar-refractivity contribution in [1.29, 1.82) is 0 Å². The summed E-state index contributed by atoms with van der Waals surface area (Å²) in [5.74, 6) is -0.304. The highest BCUT2D eigenvalue weighted by molar-refractivity contribution is 5.77. The number of nitrogens with two attached hydrogens (primary N) is 2. The van der Waals surface area contributed by atoms with Crippen molar-refractivity contribution in [3.8, 4) is 5.75 Å². The molecule has 0 aliphatic carbocycles. The fraction of sp³-hybridized carbons (Fsp3) is 0.333. The molecule has 0 bridgehead atoms. The van der Waals surface area contributed by atoms with Crippen LogP contribution >= 0.6 is 0 Å². The van der Waals surface area contributed by atoms with Crippen LogP contribution in [0.15, 0.2) is 24.3 Å². The summed E-state index contributed by atoms with van der Waals surface area (Å²) in [7, 11) is 0. The van der Waals surface area contributed by atoms with Gasteiger partial charge in [-0.25, -0.2) is 0 Å². The lowest BCUT2D eigenvalue weighted by Crippen LogP contribution is -2.32. The quantitative estimate of drug-likeness (QED) is 0.424. The molecule has 0 unspecified atom stereocenters. The van der Waals surface area contributed by atoms with E-state index in [1.54, 1.807) is 24.3 Å². The van der Waals surface area contributed by atoms with Gasteiger partial charge in [-0.3, -0.25) is 9.59 Å². The van der Waals surface area contributed by atoms with E-state index < -0.39 is 5.91 Å². The third kappa shape index (κ3) is 6.89. The van der Waals surface area contributed by atoms with E-state index in [1.807, 2.05) is 0 Å². The molecule has 104 valence electrons. The number of rotatable bonds is 8. The van der Waals surface area contributed by atoms with Crippen molar-refractivity contribution in [1.82, 2.24) is 5.32 Å². The van der Waals surface area contributed by atoms with Crippen molar-refractivity contribution in [2.45, 2.75) is 0 Å². The fourth-order valence-electron chi connectivity index (χ4n) is 1.24. The molecule has 0 radical (unpaired) electrons. The average Bonchev–Trinajstić information content (AvgIpc) is 2.35. The van der Waals surface area contributed by atoms with Gasteiger partial charge in [-0.05, 0) is 12.1 Å². The predicted octanol–water partition coefficient (Wildman–Crippen LogP) is -0.734. The monoisotopic (exact) mass is 267 g/mol. The van der Waals surface area contributed by atoms with Gasteiger partial charge >= 0.3 is 0 Å². The number of anilines is 1. The average molecular weight is 267 g/mol. The summed E-state index contributed by atoms with van der Waals surface area (Å²) in [5, 5.41) is 2.57. The van der Waals surface area contributed by atoms with Gasteiger partial charge in [0.25, 0.3) is 5.91 Å². The van der Waals surface area contributed by atoms with E-state index in [-0.39, 0.29) is 32.3 Å². The second-order valence-corrected chi connectivity index (χ2v) is 3.73. The minimum atomic E-state index is -0.545. The second kappa shape index (κ2) is 7.93. The molecule has 1 aromatic carbocycles. The first-order valence-corrected chi connectivity index (χ1v) is 5.69. The van der Waals surface area contributed by atoms with Crippen molar-refractivity contribution in [2.24, 2.45) is 5.73 Å².